The molecule has 1 unspecified atom stereocenters. The summed E-state index contributed by atoms with van der Waals surface area (Å²) in [6, 6.07) is 3.90. The number of carbonyl (C=O) groups is 1. The molecule has 2 N–H and O–H groups in total. The number of methoxy groups -OCH3 is 1. The first-order valence-electron chi connectivity index (χ1n) is 6.35. The third kappa shape index (κ3) is 3.96. The average Bonchev–Trinajstić information content (AvgIpc) is 2.87. The van der Waals surface area contributed by atoms with Crippen LogP contribution in [0.15, 0.2) is 16.5 Å². The van der Waals surface area contributed by atoms with Crippen LogP contribution < -0.4 is 5.73 Å². The summed E-state index contributed by atoms with van der Waals surface area (Å²) in [4.78, 5) is 13.6. The highest BCUT2D eigenvalue weighted by atomic mass is 35.5. The van der Waals surface area contributed by atoms with Gasteiger partial charge in [-0.15, -0.1) is 12.4 Å². The van der Waals surface area contributed by atoms with Crippen molar-refractivity contribution in [1.29, 1.82) is 0 Å². The molecule has 0 aliphatic carbocycles. The number of likely N-dealkylation sites (tertiary alicyclic amines) is 1. The summed E-state index contributed by atoms with van der Waals surface area (Å²) in [5.74, 6) is 0.611. The molecule has 1 aromatic heterocycles. The maximum atomic E-state index is 11.3. The van der Waals surface area contributed by atoms with Crippen LogP contribution in [0.2, 0.25) is 0 Å². The lowest BCUT2D eigenvalue weighted by Gasteiger charge is -2.34. The second-order valence-corrected chi connectivity index (χ2v) is 4.61. The number of hydrogen-bond donors (Lipinski definition) is 1. The molecule has 0 bridgehead atoms. The van der Waals surface area contributed by atoms with Gasteiger partial charge in [0.1, 0.15) is 5.76 Å². The summed E-state index contributed by atoms with van der Waals surface area (Å²) < 4.78 is 10.1. The standard InChI is InChI=1S/C13H20N2O3.ClH/c1-17-13(16)12-6-5-11(18-12)9-15-7-3-2-4-10(15)8-14;/h5-6,10H,2-4,7-9,14H2,1H3;1H. The molecule has 0 radical (unpaired) electrons. The zero-order valence-electron chi connectivity index (χ0n) is 11.1. The van der Waals surface area contributed by atoms with Crippen molar-refractivity contribution in [2.24, 2.45) is 5.73 Å². The number of nitrogens with two attached hydrogens (primary N) is 1. The van der Waals surface area contributed by atoms with Gasteiger partial charge in [0.15, 0.2) is 0 Å². The zero-order chi connectivity index (χ0) is 13.0. The van der Waals surface area contributed by atoms with E-state index in [0.717, 1.165) is 18.7 Å². The van der Waals surface area contributed by atoms with Crippen LogP contribution in [-0.2, 0) is 11.3 Å². The summed E-state index contributed by atoms with van der Waals surface area (Å²) in [5.41, 5.74) is 5.78. The summed E-state index contributed by atoms with van der Waals surface area (Å²) >= 11 is 0. The molecular weight excluding hydrogens is 268 g/mol. The van der Waals surface area contributed by atoms with Gasteiger partial charge in [-0.1, -0.05) is 6.42 Å². The summed E-state index contributed by atoms with van der Waals surface area (Å²) in [6.45, 7) is 2.42. The summed E-state index contributed by atoms with van der Waals surface area (Å²) in [7, 11) is 1.35. The van der Waals surface area contributed by atoms with Crippen LogP contribution in [0.3, 0.4) is 0 Å². The first kappa shape index (κ1) is 16.0. The van der Waals surface area contributed by atoms with Crippen molar-refractivity contribution in [3.05, 3.63) is 23.7 Å². The van der Waals surface area contributed by atoms with E-state index in [2.05, 4.69) is 9.64 Å². The van der Waals surface area contributed by atoms with Gasteiger partial charge in [-0.2, -0.15) is 0 Å². The van der Waals surface area contributed by atoms with E-state index < -0.39 is 5.97 Å². The van der Waals surface area contributed by atoms with Crippen LogP contribution in [-0.4, -0.2) is 37.1 Å². The van der Waals surface area contributed by atoms with E-state index in [9.17, 15) is 4.79 Å². The Labute approximate surface area is 119 Å². The summed E-state index contributed by atoms with van der Waals surface area (Å²) in [6.07, 6.45) is 3.58. The van der Waals surface area contributed by atoms with Crippen LogP contribution in [0.4, 0.5) is 0 Å². The Hall–Kier alpha value is -1.04. The van der Waals surface area contributed by atoms with E-state index in [1.54, 1.807) is 6.07 Å². The number of furan rings is 1. The van der Waals surface area contributed by atoms with Gasteiger partial charge in [0, 0.05) is 12.6 Å². The number of carbonyl (C=O) groups excluding carboxylic acids is 1. The maximum absolute atomic E-state index is 11.3. The topological polar surface area (TPSA) is 68.7 Å². The van der Waals surface area contributed by atoms with Gasteiger partial charge in [-0.25, -0.2) is 4.79 Å². The Morgan fingerprint density at radius 3 is 3.00 bits per heavy atom. The lowest BCUT2D eigenvalue weighted by atomic mass is 10.0. The summed E-state index contributed by atoms with van der Waals surface area (Å²) in [5, 5.41) is 0. The molecule has 19 heavy (non-hydrogen) atoms. The van der Waals surface area contributed by atoms with Gasteiger partial charge in [0.25, 0.3) is 0 Å². The van der Waals surface area contributed by atoms with Crippen molar-refractivity contribution in [3.63, 3.8) is 0 Å². The number of esters is 1. The van der Waals surface area contributed by atoms with E-state index in [1.165, 1.54) is 20.0 Å². The normalized spacial score (nSPS) is 19.8. The predicted molar refractivity (Wildman–Crippen MR) is 74.4 cm³/mol. The van der Waals surface area contributed by atoms with Crippen LogP contribution in [0.1, 0.15) is 35.6 Å². The predicted octanol–water partition coefficient (Wildman–Crippen LogP) is 1.80. The van der Waals surface area contributed by atoms with Crippen molar-refractivity contribution < 1.29 is 13.9 Å². The zero-order valence-corrected chi connectivity index (χ0v) is 11.9. The Kier molecular flexibility index (Phi) is 6.34. The number of nitrogens with zero attached hydrogens (tertiary/aromatic N) is 1. The van der Waals surface area contributed by atoms with Crippen LogP contribution in [0.25, 0.3) is 0 Å². The lowest BCUT2D eigenvalue weighted by Crippen LogP contribution is -2.43. The van der Waals surface area contributed by atoms with Crippen molar-refractivity contribution in [2.45, 2.75) is 31.8 Å². The number of halogens is 1. The molecule has 108 valence electrons. The molecule has 0 saturated carbocycles. The van der Waals surface area contributed by atoms with Crippen LogP contribution in [0.5, 0.6) is 0 Å². The molecule has 0 aromatic carbocycles. The maximum Gasteiger partial charge on any atom is 0.373 e. The molecule has 5 nitrogen and oxygen atoms in total. The quantitative estimate of drug-likeness (QED) is 0.856. The molecule has 1 aromatic rings. The van der Waals surface area contributed by atoms with Gasteiger partial charge in [-0.3, -0.25) is 4.90 Å². The molecule has 6 heteroatoms. The highest BCUT2D eigenvalue weighted by Crippen LogP contribution is 2.20. The van der Waals surface area contributed by atoms with E-state index in [0.29, 0.717) is 19.1 Å². The van der Waals surface area contributed by atoms with E-state index >= 15 is 0 Å². The van der Waals surface area contributed by atoms with Crippen molar-refractivity contribution in [3.8, 4) is 0 Å². The van der Waals surface area contributed by atoms with Gasteiger partial charge in [0.2, 0.25) is 5.76 Å². The highest BCUT2D eigenvalue weighted by Gasteiger charge is 2.22. The third-order valence-corrected chi connectivity index (χ3v) is 3.43. The van der Waals surface area contributed by atoms with Gasteiger partial charge in [0.05, 0.1) is 13.7 Å². The Morgan fingerprint density at radius 2 is 2.32 bits per heavy atom. The number of ether oxygens (including phenoxy) is 1. The molecule has 2 heterocycles. The minimum Gasteiger partial charge on any atom is -0.463 e. The number of piperidine rings is 1. The first-order valence-corrected chi connectivity index (χ1v) is 6.35. The second-order valence-electron chi connectivity index (χ2n) is 4.61. The monoisotopic (exact) mass is 288 g/mol. The Morgan fingerprint density at radius 1 is 1.53 bits per heavy atom. The first-order chi connectivity index (χ1) is 8.74. The Balaban J connectivity index is 0.00000180. The SMILES string of the molecule is COC(=O)c1ccc(CN2CCCCC2CN)o1.Cl. The lowest BCUT2D eigenvalue weighted by molar-refractivity contribution is 0.0558. The largest absolute Gasteiger partial charge is 0.463 e. The molecule has 0 spiro atoms. The Bertz CT molecular complexity index is 408. The van der Waals surface area contributed by atoms with Gasteiger partial charge >= 0.3 is 5.97 Å². The fourth-order valence-electron chi connectivity index (χ4n) is 2.41. The van der Waals surface area contributed by atoms with E-state index in [4.69, 9.17) is 10.2 Å². The highest BCUT2D eigenvalue weighted by molar-refractivity contribution is 5.86. The molecule has 1 atom stereocenters. The molecule has 2 rings (SSSR count). The van der Waals surface area contributed by atoms with Gasteiger partial charge in [-0.05, 0) is 31.5 Å². The minimum atomic E-state index is -0.435. The molecule has 1 aliphatic rings. The van der Waals surface area contributed by atoms with E-state index in [-0.39, 0.29) is 18.2 Å². The van der Waals surface area contributed by atoms with E-state index in [1.807, 2.05) is 6.07 Å². The molecule has 1 saturated heterocycles. The van der Waals surface area contributed by atoms with Gasteiger partial charge < -0.3 is 14.9 Å². The van der Waals surface area contributed by atoms with Crippen molar-refractivity contribution >= 4 is 18.4 Å². The third-order valence-electron chi connectivity index (χ3n) is 3.43. The van der Waals surface area contributed by atoms with Crippen molar-refractivity contribution in [1.82, 2.24) is 4.90 Å². The second kappa shape index (κ2) is 7.53. The van der Waals surface area contributed by atoms with Crippen LogP contribution in [0, 0.1) is 0 Å². The number of rotatable bonds is 4. The molecule has 1 fully saturated rings. The number of hydrogen-bond acceptors (Lipinski definition) is 5. The molecule has 1 aliphatic heterocycles. The molecular formula is C13H21ClN2O3. The van der Waals surface area contributed by atoms with Crippen molar-refractivity contribution in [2.75, 3.05) is 20.2 Å². The fraction of sp³-hybridized carbons (Fsp3) is 0.615. The van der Waals surface area contributed by atoms with Crippen LogP contribution >= 0.6 is 12.4 Å². The molecule has 0 amide bonds. The minimum absolute atomic E-state index is 0. The average molecular weight is 289 g/mol. The smallest absolute Gasteiger partial charge is 0.373 e. The fourth-order valence-corrected chi connectivity index (χ4v) is 2.41.